The van der Waals surface area contributed by atoms with Crippen molar-refractivity contribution in [3.8, 4) is 11.5 Å². The highest BCUT2D eigenvalue weighted by atomic mass is 19.1. The number of nitrogens with one attached hydrogen (secondary N) is 1. The molecule has 200 valence electrons. The second kappa shape index (κ2) is 10.5. The van der Waals surface area contributed by atoms with Gasteiger partial charge in [0.1, 0.15) is 17.9 Å². The summed E-state index contributed by atoms with van der Waals surface area (Å²) < 4.78 is 25.9. The predicted molar refractivity (Wildman–Crippen MR) is 140 cm³/mol. The van der Waals surface area contributed by atoms with E-state index in [1.54, 1.807) is 11.1 Å². The van der Waals surface area contributed by atoms with Crippen molar-refractivity contribution >= 4 is 11.7 Å². The zero-order chi connectivity index (χ0) is 26.2. The van der Waals surface area contributed by atoms with Crippen molar-refractivity contribution in [3.63, 3.8) is 0 Å². The predicted octanol–water partition coefficient (Wildman–Crippen LogP) is 4.40. The molecule has 37 heavy (non-hydrogen) atoms. The summed E-state index contributed by atoms with van der Waals surface area (Å²) in [5.74, 6) is 0.724. The van der Waals surface area contributed by atoms with Crippen molar-refractivity contribution in [2.24, 2.45) is 5.41 Å². The second-order valence-corrected chi connectivity index (χ2v) is 11.4. The average molecular weight is 512 g/mol. The van der Waals surface area contributed by atoms with Crippen molar-refractivity contribution in [2.45, 2.75) is 77.5 Å². The molecule has 5 rings (SSSR count). The second-order valence-electron chi connectivity index (χ2n) is 11.4. The lowest BCUT2D eigenvalue weighted by Crippen LogP contribution is -2.67. The fourth-order valence-electron chi connectivity index (χ4n) is 6.17. The zero-order valence-corrected chi connectivity index (χ0v) is 22.2. The monoisotopic (exact) mass is 511 g/mol. The zero-order valence-electron chi connectivity index (χ0n) is 22.2. The van der Waals surface area contributed by atoms with Crippen LogP contribution in [-0.4, -0.2) is 71.2 Å². The van der Waals surface area contributed by atoms with Gasteiger partial charge in [-0.3, -0.25) is 4.79 Å². The van der Waals surface area contributed by atoms with E-state index in [1.165, 1.54) is 37.4 Å². The normalized spacial score (nSPS) is 19.7. The van der Waals surface area contributed by atoms with Crippen LogP contribution in [0.15, 0.2) is 30.7 Å². The molecule has 1 aromatic carbocycles. The van der Waals surface area contributed by atoms with E-state index >= 15 is 0 Å². The number of ether oxygens (including phenoxy) is 2. The molecule has 0 bridgehead atoms. The maximum Gasteiger partial charge on any atom is 0.258 e. The van der Waals surface area contributed by atoms with E-state index in [0.29, 0.717) is 34.8 Å². The van der Waals surface area contributed by atoms with Crippen LogP contribution in [0, 0.1) is 11.2 Å². The van der Waals surface area contributed by atoms with E-state index in [0.717, 1.165) is 39.1 Å². The highest BCUT2D eigenvalue weighted by molar-refractivity contribution is 5.97. The molecule has 3 aliphatic rings. The molecule has 0 unspecified atom stereocenters. The third-order valence-corrected chi connectivity index (χ3v) is 7.80. The van der Waals surface area contributed by atoms with Gasteiger partial charge >= 0.3 is 0 Å². The van der Waals surface area contributed by atoms with Crippen molar-refractivity contribution in [1.82, 2.24) is 20.2 Å². The Morgan fingerprint density at radius 1 is 1.14 bits per heavy atom. The standard InChI is InChI=1S/C28H38FN5O3/c1-18(2)34(19(3)4)27(35)23-11-20(29)5-6-24(23)37-25-14-30-17-31-26(25)33-15-28(16-33)12-22(13-28)32-21-7-9-36-10-8-21/h5-6,11,14,17-19,21-22,32H,7-10,12-13,15-16H2,1-4H3. The first-order valence-electron chi connectivity index (χ1n) is 13.4. The Labute approximate surface area is 218 Å². The Morgan fingerprint density at radius 3 is 2.51 bits per heavy atom. The van der Waals surface area contributed by atoms with Gasteiger partial charge in [-0.1, -0.05) is 0 Å². The number of halogens is 1. The Kier molecular flexibility index (Phi) is 7.36. The van der Waals surface area contributed by atoms with Crippen LogP contribution in [0.2, 0.25) is 0 Å². The van der Waals surface area contributed by atoms with Gasteiger partial charge in [-0.25, -0.2) is 14.4 Å². The van der Waals surface area contributed by atoms with Crippen LogP contribution in [0.1, 0.15) is 63.7 Å². The van der Waals surface area contributed by atoms with Gasteiger partial charge in [0, 0.05) is 55.9 Å². The number of amides is 1. The summed E-state index contributed by atoms with van der Waals surface area (Å²) in [5, 5.41) is 3.81. The van der Waals surface area contributed by atoms with Gasteiger partial charge in [0.15, 0.2) is 11.6 Å². The molecule has 1 spiro atoms. The maximum absolute atomic E-state index is 14.2. The molecule has 1 saturated carbocycles. The Balaban J connectivity index is 1.27. The lowest BCUT2D eigenvalue weighted by molar-refractivity contribution is 0.0230. The smallest absolute Gasteiger partial charge is 0.258 e. The first-order valence-corrected chi connectivity index (χ1v) is 13.4. The highest BCUT2D eigenvalue weighted by Gasteiger charge is 2.53. The molecule has 1 aliphatic carbocycles. The summed E-state index contributed by atoms with van der Waals surface area (Å²) in [6, 6.07) is 5.13. The van der Waals surface area contributed by atoms with Crippen LogP contribution in [0.3, 0.4) is 0 Å². The molecule has 3 fully saturated rings. The number of rotatable bonds is 8. The maximum atomic E-state index is 14.2. The quantitative estimate of drug-likeness (QED) is 0.563. The molecule has 0 radical (unpaired) electrons. The Bertz CT molecular complexity index is 1100. The number of carbonyl (C=O) groups is 1. The first-order chi connectivity index (χ1) is 17.7. The summed E-state index contributed by atoms with van der Waals surface area (Å²) in [4.78, 5) is 26.0. The molecule has 2 saturated heterocycles. The number of anilines is 1. The number of benzene rings is 1. The topological polar surface area (TPSA) is 79.8 Å². The van der Waals surface area contributed by atoms with E-state index in [-0.39, 0.29) is 23.6 Å². The van der Waals surface area contributed by atoms with Gasteiger partial charge in [-0.15, -0.1) is 0 Å². The molecular formula is C28H38FN5O3. The van der Waals surface area contributed by atoms with Gasteiger partial charge in [0.2, 0.25) is 0 Å². The summed E-state index contributed by atoms with van der Waals surface area (Å²) in [5.41, 5.74) is 0.509. The molecule has 3 heterocycles. The van der Waals surface area contributed by atoms with E-state index in [9.17, 15) is 9.18 Å². The van der Waals surface area contributed by atoms with Crippen molar-refractivity contribution < 1.29 is 18.7 Å². The average Bonchev–Trinajstić information content (AvgIpc) is 2.81. The van der Waals surface area contributed by atoms with Crippen molar-refractivity contribution in [2.75, 3.05) is 31.2 Å². The number of carbonyl (C=O) groups excluding carboxylic acids is 1. The minimum Gasteiger partial charge on any atom is -0.451 e. The van der Waals surface area contributed by atoms with Crippen LogP contribution >= 0.6 is 0 Å². The van der Waals surface area contributed by atoms with Crippen LogP contribution < -0.4 is 15.0 Å². The minimum atomic E-state index is -0.480. The fraction of sp³-hybridized carbons (Fsp3) is 0.607. The van der Waals surface area contributed by atoms with Crippen molar-refractivity contribution in [3.05, 3.63) is 42.1 Å². The molecule has 0 atom stereocenters. The third-order valence-electron chi connectivity index (χ3n) is 7.80. The molecular weight excluding hydrogens is 473 g/mol. The molecule has 9 heteroatoms. The van der Waals surface area contributed by atoms with E-state index < -0.39 is 5.82 Å². The summed E-state index contributed by atoms with van der Waals surface area (Å²) in [7, 11) is 0. The number of hydrogen-bond acceptors (Lipinski definition) is 7. The highest BCUT2D eigenvalue weighted by Crippen LogP contribution is 2.51. The Hall–Kier alpha value is -2.78. The number of hydrogen-bond donors (Lipinski definition) is 1. The summed E-state index contributed by atoms with van der Waals surface area (Å²) in [6.07, 6.45) is 7.65. The summed E-state index contributed by atoms with van der Waals surface area (Å²) >= 11 is 0. The van der Waals surface area contributed by atoms with E-state index in [4.69, 9.17) is 9.47 Å². The van der Waals surface area contributed by atoms with Gasteiger partial charge < -0.3 is 24.6 Å². The molecule has 2 aliphatic heterocycles. The summed E-state index contributed by atoms with van der Waals surface area (Å²) in [6.45, 7) is 11.3. The molecule has 1 N–H and O–H groups in total. The van der Waals surface area contributed by atoms with E-state index in [1.807, 2.05) is 27.7 Å². The van der Waals surface area contributed by atoms with Crippen LogP contribution in [0.5, 0.6) is 11.5 Å². The third kappa shape index (κ3) is 5.43. The Morgan fingerprint density at radius 2 is 1.84 bits per heavy atom. The molecule has 1 aromatic heterocycles. The largest absolute Gasteiger partial charge is 0.451 e. The molecule has 1 amide bonds. The lowest BCUT2D eigenvalue weighted by Gasteiger charge is -2.60. The van der Waals surface area contributed by atoms with E-state index in [2.05, 4.69) is 20.2 Å². The molecule has 8 nitrogen and oxygen atoms in total. The minimum absolute atomic E-state index is 0.0382. The number of nitrogens with zero attached hydrogens (tertiary/aromatic N) is 4. The van der Waals surface area contributed by atoms with Crippen LogP contribution in [-0.2, 0) is 4.74 Å². The fourth-order valence-corrected chi connectivity index (χ4v) is 6.17. The lowest BCUT2D eigenvalue weighted by atomic mass is 9.60. The first kappa shape index (κ1) is 25.9. The van der Waals surface area contributed by atoms with Gasteiger partial charge in [0.25, 0.3) is 5.91 Å². The van der Waals surface area contributed by atoms with Crippen LogP contribution in [0.25, 0.3) is 0 Å². The van der Waals surface area contributed by atoms with Crippen molar-refractivity contribution in [1.29, 1.82) is 0 Å². The van der Waals surface area contributed by atoms with Gasteiger partial charge in [0.05, 0.1) is 11.8 Å². The number of aromatic nitrogens is 2. The van der Waals surface area contributed by atoms with Gasteiger partial charge in [-0.05, 0) is 71.6 Å². The van der Waals surface area contributed by atoms with Gasteiger partial charge in [-0.2, -0.15) is 0 Å². The van der Waals surface area contributed by atoms with Crippen LogP contribution in [0.4, 0.5) is 10.2 Å². The SMILES string of the molecule is CC(C)N(C(=O)c1cc(F)ccc1Oc1cncnc1N1CC2(CC(NC3CCOCC3)C2)C1)C(C)C. The molecule has 2 aromatic rings.